The highest BCUT2D eigenvalue weighted by Gasteiger charge is 2.38. The zero-order valence-corrected chi connectivity index (χ0v) is 12.0. The van der Waals surface area contributed by atoms with Crippen molar-refractivity contribution in [1.82, 2.24) is 9.80 Å². The molecular formula is C13H15F3N2O2S. The molecule has 21 heavy (non-hydrogen) atoms. The maximum Gasteiger partial charge on any atom is 0.406 e. The number of rotatable bonds is 5. The van der Waals surface area contributed by atoms with Gasteiger partial charge >= 0.3 is 6.18 Å². The molecule has 116 valence electrons. The molecule has 1 aromatic heterocycles. The topological polar surface area (TPSA) is 40.6 Å². The number of aryl methyl sites for hydroxylation is 1. The molecule has 0 N–H and O–H groups in total. The standard InChI is InChI=1S/C13H15F3N2O2S/c14-13(15,16)8-18-9-17(7-12(18)20)11(19)5-1-3-10-4-2-6-21-10/h2,4,6H,1,3,5,7-9H2. The van der Waals surface area contributed by atoms with Crippen LogP contribution in [0.15, 0.2) is 17.5 Å². The molecule has 0 saturated carbocycles. The van der Waals surface area contributed by atoms with Gasteiger partial charge in [0.15, 0.2) is 0 Å². The molecule has 0 spiro atoms. The van der Waals surface area contributed by atoms with E-state index >= 15 is 0 Å². The Morgan fingerprint density at radius 2 is 2.14 bits per heavy atom. The molecule has 0 aromatic carbocycles. The molecule has 2 rings (SSSR count). The lowest BCUT2D eigenvalue weighted by atomic mass is 10.2. The Morgan fingerprint density at radius 1 is 1.38 bits per heavy atom. The third-order valence-electron chi connectivity index (χ3n) is 3.14. The van der Waals surface area contributed by atoms with Crippen molar-refractivity contribution < 1.29 is 22.8 Å². The van der Waals surface area contributed by atoms with E-state index in [-0.39, 0.29) is 25.5 Å². The summed E-state index contributed by atoms with van der Waals surface area (Å²) in [6.45, 7) is -1.82. The zero-order valence-electron chi connectivity index (χ0n) is 11.2. The Morgan fingerprint density at radius 3 is 2.76 bits per heavy atom. The van der Waals surface area contributed by atoms with Gasteiger partial charge in [-0.15, -0.1) is 11.3 Å². The van der Waals surface area contributed by atoms with Crippen LogP contribution >= 0.6 is 11.3 Å². The van der Waals surface area contributed by atoms with Crippen molar-refractivity contribution >= 4 is 23.2 Å². The molecule has 1 saturated heterocycles. The Hall–Kier alpha value is -1.57. The molecule has 0 unspecified atom stereocenters. The van der Waals surface area contributed by atoms with Gasteiger partial charge in [0.05, 0.1) is 6.67 Å². The van der Waals surface area contributed by atoms with Crippen LogP contribution in [0.3, 0.4) is 0 Å². The van der Waals surface area contributed by atoms with Gasteiger partial charge in [0, 0.05) is 11.3 Å². The number of amides is 2. The summed E-state index contributed by atoms with van der Waals surface area (Å²) >= 11 is 1.60. The predicted octanol–water partition coefficient (Wildman–Crippen LogP) is 2.26. The van der Waals surface area contributed by atoms with Gasteiger partial charge in [-0.05, 0) is 24.3 Å². The summed E-state index contributed by atoms with van der Waals surface area (Å²) in [7, 11) is 0. The second-order valence-corrected chi connectivity index (χ2v) is 5.91. The van der Waals surface area contributed by atoms with Crippen LogP contribution in [0.4, 0.5) is 13.2 Å². The first-order valence-corrected chi connectivity index (χ1v) is 7.38. The molecule has 0 aliphatic carbocycles. The number of hydrogen-bond acceptors (Lipinski definition) is 3. The van der Waals surface area contributed by atoms with Gasteiger partial charge < -0.3 is 9.80 Å². The van der Waals surface area contributed by atoms with Crippen molar-refractivity contribution in [3.05, 3.63) is 22.4 Å². The Labute approximate surface area is 124 Å². The average Bonchev–Trinajstić information content (AvgIpc) is 2.98. The zero-order chi connectivity index (χ0) is 15.5. The Balaban J connectivity index is 1.77. The van der Waals surface area contributed by atoms with Crippen LogP contribution in [-0.4, -0.2) is 47.5 Å². The second-order valence-electron chi connectivity index (χ2n) is 4.87. The highest BCUT2D eigenvalue weighted by Crippen LogP contribution is 2.20. The molecule has 1 aromatic rings. The monoisotopic (exact) mass is 320 g/mol. The van der Waals surface area contributed by atoms with Crippen molar-refractivity contribution in [2.24, 2.45) is 0 Å². The van der Waals surface area contributed by atoms with E-state index in [1.54, 1.807) is 11.3 Å². The van der Waals surface area contributed by atoms with E-state index in [1.807, 2.05) is 17.5 Å². The molecule has 2 amide bonds. The van der Waals surface area contributed by atoms with Crippen LogP contribution in [0.2, 0.25) is 0 Å². The number of carbonyl (C=O) groups excluding carboxylic acids is 2. The molecule has 0 bridgehead atoms. The smallest absolute Gasteiger partial charge is 0.316 e. The van der Waals surface area contributed by atoms with E-state index in [2.05, 4.69) is 0 Å². The Kier molecular flexibility index (Phi) is 4.87. The molecule has 8 heteroatoms. The quantitative estimate of drug-likeness (QED) is 0.835. The molecule has 1 aliphatic rings. The third kappa shape index (κ3) is 4.73. The maximum absolute atomic E-state index is 12.3. The largest absolute Gasteiger partial charge is 0.406 e. The van der Waals surface area contributed by atoms with Crippen LogP contribution in [0.1, 0.15) is 17.7 Å². The fraction of sp³-hybridized carbons (Fsp3) is 0.538. The van der Waals surface area contributed by atoms with Gasteiger partial charge in [-0.1, -0.05) is 6.07 Å². The summed E-state index contributed by atoms with van der Waals surface area (Å²) in [6.07, 6.45) is -2.81. The minimum Gasteiger partial charge on any atom is -0.316 e. The molecular weight excluding hydrogens is 305 g/mol. The molecule has 0 atom stereocenters. The molecule has 1 aliphatic heterocycles. The number of carbonyl (C=O) groups is 2. The van der Waals surface area contributed by atoms with Crippen LogP contribution in [0.5, 0.6) is 0 Å². The van der Waals surface area contributed by atoms with Crippen molar-refractivity contribution in [1.29, 1.82) is 0 Å². The van der Waals surface area contributed by atoms with E-state index in [9.17, 15) is 22.8 Å². The Bertz CT molecular complexity index is 502. The molecule has 1 fully saturated rings. The van der Waals surface area contributed by atoms with Crippen molar-refractivity contribution in [2.45, 2.75) is 25.4 Å². The summed E-state index contributed by atoms with van der Waals surface area (Å²) in [5.41, 5.74) is 0. The fourth-order valence-electron chi connectivity index (χ4n) is 2.15. The van der Waals surface area contributed by atoms with Crippen molar-refractivity contribution in [2.75, 3.05) is 19.8 Å². The SMILES string of the molecule is O=C(CCCc1cccs1)N1CC(=O)N(CC(F)(F)F)C1. The number of nitrogens with zero attached hydrogens (tertiary/aromatic N) is 2. The van der Waals surface area contributed by atoms with Crippen LogP contribution in [0.25, 0.3) is 0 Å². The highest BCUT2D eigenvalue weighted by atomic mass is 32.1. The van der Waals surface area contributed by atoms with E-state index in [0.717, 1.165) is 6.42 Å². The molecule has 2 heterocycles. The number of hydrogen-bond donors (Lipinski definition) is 0. The van der Waals surface area contributed by atoms with Crippen molar-refractivity contribution in [3.8, 4) is 0 Å². The summed E-state index contributed by atoms with van der Waals surface area (Å²) < 4.78 is 36.8. The predicted molar refractivity (Wildman–Crippen MR) is 71.6 cm³/mol. The first-order chi connectivity index (χ1) is 9.85. The fourth-order valence-corrected chi connectivity index (χ4v) is 2.90. The summed E-state index contributed by atoms with van der Waals surface area (Å²) in [6, 6.07) is 3.90. The minimum absolute atomic E-state index is 0.241. The highest BCUT2D eigenvalue weighted by molar-refractivity contribution is 7.09. The summed E-state index contributed by atoms with van der Waals surface area (Å²) in [5, 5.41) is 1.95. The van der Waals surface area contributed by atoms with Gasteiger partial charge in [-0.3, -0.25) is 9.59 Å². The average molecular weight is 320 g/mol. The van der Waals surface area contributed by atoms with Crippen molar-refractivity contribution in [3.63, 3.8) is 0 Å². The first-order valence-electron chi connectivity index (χ1n) is 6.50. The number of alkyl halides is 3. The molecule has 4 nitrogen and oxygen atoms in total. The van der Waals surface area contributed by atoms with E-state index in [1.165, 1.54) is 9.78 Å². The number of thiophene rings is 1. The van der Waals surface area contributed by atoms with Gasteiger partial charge in [0.1, 0.15) is 13.1 Å². The normalized spacial score (nSPS) is 15.9. The lowest BCUT2D eigenvalue weighted by Gasteiger charge is -2.19. The molecule has 0 radical (unpaired) electrons. The lowest BCUT2D eigenvalue weighted by molar-refractivity contribution is -0.157. The van der Waals surface area contributed by atoms with Crippen LogP contribution in [-0.2, 0) is 16.0 Å². The van der Waals surface area contributed by atoms with Gasteiger partial charge in [-0.25, -0.2) is 0 Å². The summed E-state index contributed by atoms with van der Waals surface area (Å²) in [4.78, 5) is 26.4. The first kappa shape index (κ1) is 15.8. The van der Waals surface area contributed by atoms with Crippen LogP contribution in [0, 0.1) is 0 Å². The second kappa shape index (κ2) is 6.46. The third-order valence-corrected chi connectivity index (χ3v) is 4.07. The van der Waals surface area contributed by atoms with E-state index in [4.69, 9.17) is 0 Å². The van der Waals surface area contributed by atoms with Gasteiger partial charge in [-0.2, -0.15) is 13.2 Å². The van der Waals surface area contributed by atoms with Gasteiger partial charge in [0.2, 0.25) is 11.8 Å². The maximum atomic E-state index is 12.3. The van der Waals surface area contributed by atoms with Crippen LogP contribution < -0.4 is 0 Å². The van der Waals surface area contributed by atoms with E-state index in [0.29, 0.717) is 11.3 Å². The summed E-state index contributed by atoms with van der Waals surface area (Å²) in [5.74, 6) is -0.927. The lowest BCUT2D eigenvalue weighted by Crippen LogP contribution is -2.37. The number of halogens is 3. The van der Waals surface area contributed by atoms with Gasteiger partial charge in [0.25, 0.3) is 0 Å². The minimum atomic E-state index is -4.44. The van der Waals surface area contributed by atoms with E-state index < -0.39 is 18.6 Å².